The van der Waals surface area contributed by atoms with E-state index < -0.39 is 0 Å². The lowest BCUT2D eigenvalue weighted by atomic mass is 10.1. The average Bonchev–Trinajstić information content (AvgIpc) is 2.64. The highest BCUT2D eigenvalue weighted by atomic mass is 16.5. The highest BCUT2D eigenvalue weighted by Gasteiger charge is 2.09. The van der Waals surface area contributed by atoms with Gasteiger partial charge in [0.05, 0.1) is 18.2 Å². The Bertz CT molecular complexity index is 874. The third-order valence-corrected chi connectivity index (χ3v) is 3.96. The Kier molecular flexibility index (Phi) is 5.41. The number of nitrogens with one attached hydrogen (secondary N) is 1. The van der Waals surface area contributed by atoms with Crippen LogP contribution >= 0.6 is 0 Å². The molecule has 3 rings (SSSR count). The van der Waals surface area contributed by atoms with E-state index in [0.29, 0.717) is 18.8 Å². The van der Waals surface area contributed by atoms with Crippen LogP contribution in [-0.2, 0) is 17.9 Å². The zero-order chi connectivity index (χ0) is 17.6. The Hall–Kier alpha value is -2.72. The first-order valence-corrected chi connectivity index (χ1v) is 8.46. The standard InChI is InChI=1S/C21H22N2O2/c1-15(2)25-14-18-9-4-3-8-17(18)13-22-21(24)20-12-11-16-7-5-6-10-19(16)23-20/h3-12,15H,13-14H2,1-2H3,(H,22,24). The fraction of sp³-hybridized carbons (Fsp3) is 0.238. The van der Waals surface area contributed by atoms with Gasteiger partial charge in [-0.3, -0.25) is 4.79 Å². The Morgan fingerprint density at radius 1 is 1.00 bits per heavy atom. The van der Waals surface area contributed by atoms with Crippen LogP contribution in [0.4, 0.5) is 0 Å². The van der Waals surface area contributed by atoms with Crippen LogP contribution in [0.2, 0.25) is 0 Å². The summed E-state index contributed by atoms with van der Waals surface area (Å²) in [6.07, 6.45) is 0.171. The number of amides is 1. The largest absolute Gasteiger partial charge is 0.374 e. The Morgan fingerprint density at radius 3 is 2.52 bits per heavy atom. The van der Waals surface area contributed by atoms with E-state index in [9.17, 15) is 4.79 Å². The molecule has 4 heteroatoms. The number of rotatable bonds is 6. The molecule has 1 heterocycles. The van der Waals surface area contributed by atoms with Crippen molar-refractivity contribution in [3.05, 3.63) is 77.5 Å². The molecule has 128 valence electrons. The molecule has 0 unspecified atom stereocenters. The average molecular weight is 334 g/mol. The minimum atomic E-state index is -0.176. The number of carbonyl (C=O) groups is 1. The van der Waals surface area contributed by atoms with Gasteiger partial charge in [0.1, 0.15) is 5.69 Å². The SMILES string of the molecule is CC(C)OCc1ccccc1CNC(=O)c1ccc2ccccc2n1. The minimum absolute atomic E-state index is 0.171. The van der Waals surface area contributed by atoms with Crippen LogP contribution in [0.5, 0.6) is 0 Å². The number of ether oxygens (including phenoxy) is 1. The van der Waals surface area contributed by atoms with Crippen molar-refractivity contribution in [1.29, 1.82) is 0 Å². The van der Waals surface area contributed by atoms with Crippen molar-refractivity contribution in [2.45, 2.75) is 33.1 Å². The van der Waals surface area contributed by atoms with Crippen LogP contribution in [0.25, 0.3) is 10.9 Å². The molecule has 3 aromatic rings. The molecular formula is C21H22N2O2. The van der Waals surface area contributed by atoms with E-state index >= 15 is 0 Å². The van der Waals surface area contributed by atoms with Crippen LogP contribution in [0.1, 0.15) is 35.5 Å². The van der Waals surface area contributed by atoms with Gasteiger partial charge in [0.2, 0.25) is 0 Å². The number of benzene rings is 2. The van der Waals surface area contributed by atoms with Crippen LogP contribution in [0, 0.1) is 0 Å². The van der Waals surface area contributed by atoms with Gasteiger partial charge < -0.3 is 10.1 Å². The molecule has 0 aliphatic carbocycles. The smallest absolute Gasteiger partial charge is 0.270 e. The van der Waals surface area contributed by atoms with E-state index in [-0.39, 0.29) is 12.0 Å². The molecule has 25 heavy (non-hydrogen) atoms. The summed E-state index contributed by atoms with van der Waals surface area (Å²) in [4.78, 5) is 16.9. The maximum Gasteiger partial charge on any atom is 0.270 e. The molecule has 0 aliphatic heterocycles. The van der Waals surface area contributed by atoms with Crippen molar-refractivity contribution in [1.82, 2.24) is 10.3 Å². The second-order valence-electron chi connectivity index (χ2n) is 6.20. The number of pyridine rings is 1. The molecule has 0 saturated heterocycles. The van der Waals surface area contributed by atoms with E-state index in [1.807, 2.05) is 68.4 Å². The van der Waals surface area contributed by atoms with Gasteiger partial charge >= 0.3 is 0 Å². The Morgan fingerprint density at radius 2 is 1.72 bits per heavy atom. The number of fused-ring (bicyclic) bond motifs is 1. The van der Waals surface area contributed by atoms with Gasteiger partial charge in [0.25, 0.3) is 5.91 Å². The maximum atomic E-state index is 12.4. The van der Waals surface area contributed by atoms with Gasteiger partial charge in [0, 0.05) is 11.9 Å². The monoisotopic (exact) mass is 334 g/mol. The summed E-state index contributed by atoms with van der Waals surface area (Å²) < 4.78 is 5.68. The lowest BCUT2D eigenvalue weighted by Crippen LogP contribution is -2.24. The number of hydrogen-bond donors (Lipinski definition) is 1. The maximum absolute atomic E-state index is 12.4. The van der Waals surface area contributed by atoms with Crippen molar-refractivity contribution in [2.75, 3.05) is 0 Å². The van der Waals surface area contributed by atoms with E-state index in [0.717, 1.165) is 22.0 Å². The lowest BCUT2D eigenvalue weighted by molar-refractivity contribution is 0.0651. The molecule has 1 N–H and O–H groups in total. The molecule has 4 nitrogen and oxygen atoms in total. The molecule has 1 amide bonds. The molecule has 0 atom stereocenters. The predicted molar refractivity (Wildman–Crippen MR) is 99.3 cm³/mol. The van der Waals surface area contributed by atoms with Crippen molar-refractivity contribution in [3.63, 3.8) is 0 Å². The molecule has 0 bridgehead atoms. The van der Waals surface area contributed by atoms with Gasteiger partial charge in [-0.15, -0.1) is 0 Å². The normalized spacial score (nSPS) is 11.0. The molecule has 2 aromatic carbocycles. The van der Waals surface area contributed by atoms with E-state index in [1.165, 1.54) is 0 Å². The molecule has 0 saturated carbocycles. The molecule has 1 aromatic heterocycles. The number of carbonyl (C=O) groups excluding carboxylic acids is 1. The third kappa shape index (κ3) is 4.43. The van der Waals surface area contributed by atoms with Crippen molar-refractivity contribution in [2.24, 2.45) is 0 Å². The summed E-state index contributed by atoms with van der Waals surface area (Å²) in [5.74, 6) is -0.176. The molecule has 0 spiro atoms. The van der Waals surface area contributed by atoms with Gasteiger partial charge in [-0.2, -0.15) is 0 Å². The zero-order valence-corrected chi connectivity index (χ0v) is 14.5. The van der Waals surface area contributed by atoms with Crippen molar-refractivity contribution >= 4 is 16.8 Å². The Labute approximate surface area is 147 Å². The summed E-state index contributed by atoms with van der Waals surface area (Å²) in [5.41, 5.74) is 3.38. The minimum Gasteiger partial charge on any atom is -0.374 e. The highest BCUT2D eigenvalue weighted by Crippen LogP contribution is 2.13. The van der Waals surface area contributed by atoms with Crippen LogP contribution in [0.15, 0.2) is 60.7 Å². The Balaban J connectivity index is 1.69. The van der Waals surface area contributed by atoms with Gasteiger partial charge in [-0.25, -0.2) is 4.98 Å². The van der Waals surface area contributed by atoms with Crippen LogP contribution in [0.3, 0.4) is 0 Å². The first kappa shape index (κ1) is 17.1. The fourth-order valence-electron chi connectivity index (χ4n) is 2.59. The van der Waals surface area contributed by atoms with Crippen LogP contribution in [-0.4, -0.2) is 17.0 Å². The first-order valence-electron chi connectivity index (χ1n) is 8.46. The number of nitrogens with zero attached hydrogens (tertiary/aromatic N) is 1. The van der Waals surface area contributed by atoms with Gasteiger partial charge in [-0.05, 0) is 37.1 Å². The van der Waals surface area contributed by atoms with Crippen molar-refractivity contribution in [3.8, 4) is 0 Å². The summed E-state index contributed by atoms with van der Waals surface area (Å²) >= 11 is 0. The highest BCUT2D eigenvalue weighted by molar-refractivity contribution is 5.94. The van der Waals surface area contributed by atoms with Crippen LogP contribution < -0.4 is 5.32 Å². The molecule has 0 fully saturated rings. The fourth-order valence-corrected chi connectivity index (χ4v) is 2.59. The molecule has 0 radical (unpaired) electrons. The second kappa shape index (κ2) is 7.90. The summed E-state index contributed by atoms with van der Waals surface area (Å²) in [5, 5.41) is 3.97. The summed E-state index contributed by atoms with van der Waals surface area (Å²) in [7, 11) is 0. The quantitative estimate of drug-likeness (QED) is 0.739. The number of hydrogen-bond acceptors (Lipinski definition) is 3. The van der Waals surface area contributed by atoms with Gasteiger partial charge in [0.15, 0.2) is 0 Å². The van der Waals surface area contributed by atoms with E-state index in [1.54, 1.807) is 6.07 Å². The zero-order valence-electron chi connectivity index (χ0n) is 14.5. The summed E-state index contributed by atoms with van der Waals surface area (Å²) in [6.45, 7) is 5.01. The topological polar surface area (TPSA) is 51.2 Å². The molecular weight excluding hydrogens is 312 g/mol. The van der Waals surface area contributed by atoms with Crippen molar-refractivity contribution < 1.29 is 9.53 Å². The van der Waals surface area contributed by atoms with E-state index in [4.69, 9.17) is 4.74 Å². The third-order valence-electron chi connectivity index (χ3n) is 3.96. The second-order valence-corrected chi connectivity index (χ2v) is 6.20. The number of para-hydroxylation sites is 1. The summed E-state index contributed by atoms with van der Waals surface area (Å²) in [6, 6.07) is 19.4. The lowest BCUT2D eigenvalue weighted by Gasteiger charge is -2.13. The first-order chi connectivity index (χ1) is 12.1. The molecule has 0 aliphatic rings. The number of aromatic nitrogens is 1. The van der Waals surface area contributed by atoms with E-state index in [2.05, 4.69) is 10.3 Å². The predicted octanol–water partition coefficient (Wildman–Crippen LogP) is 4.09. The van der Waals surface area contributed by atoms with Gasteiger partial charge in [-0.1, -0.05) is 48.5 Å².